The van der Waals surface area contributed by atoms with Gasteiger partial charge in [0.2, 0.25) is 5.95 Å². The van der Waals surface area contributed by atoms with Crippen LogP contribution in [0.5, 0.6) is 11.8 Å². The minimum absolute atomic E-state index is 0.0568. The smallest absolute Gasteiger partial charge is 0.328 e. The molecule has 0 radical (unpaired) electrons. The summed E-state index contributed by atoms with van der Waals surface area (Å²) in [5, 5.41) is 3.79. The largest absolute Gasteiger partial charge is 0.424 e. The Morgan fingerprint density at radius 2 is 2.10 bits per heavy atom. The van der Waals surface area contributed by atoms with E-state index in [0.29, 0.717) is 0 Å². The van der Waals surface area contributed by atoms with Crippen LogP contribution in [0.4, 0.5) is 10.3 Å². The predicted octanol–water partition coefficient (Wildman–Crippen LogP) is 1.62. The molecule has 2 aromatic heterocycles. The van der Waals surface area contributed by atoms with E-state index >= 15 is 0 Å². The monoisotopic (exact) mass is 307 g/mol. The maximum absolute atomic E-state index is 13.1. The third kappa shape index (κ3) is 2.87. The number of anilines is 1. The summed E-state index contributed by atoms with van der Waals surface area (Å²) in [7, 11) is 0. The first-order chi connectivity index (χ1) is 10.1. The number of nitrogens with zero attached hydrogens (tertiary/aromatic N) is 6. The topological polar surface area (TPSA) is 105 Å². The molecule has 0 bridgehead atoms. The minimum Gasteiger partial charge on any atom is -0.424 e. The number of halogens is 2. The standard InChI is InChI=1S/C11H7ClFN7O/c12-7-3-6(1-2-8(7)13)21-11-18-9(14)17-10(19-11)20-5-15-4-16-20/h1-5H,(H2,14,17,18,19). The van der Waals surface area contributed by atoms with Crippen molar-refractivity contribution in [3.8, 4) is 17.7 Å². The third-order valence-electron chi connectivity index (χ3n) is 2.34. The van der Waals surface area contributed by atoms with Crippen molar-refractivity contribution in [3.63, 3.8) is 0 Å². The number of hydrogen-bond acceptors (Lipinski definition) is 7. The van der Waals surface area contributed by atoms with Gasteiger partial charge in [-0.1, -0.05) is 11.6 Å². The Morgan fingerprint density at radius 1 is 1.24 bits per heavy atom. The van der Waals surface area contributed by atoms with Crippen molar-refractivity contribution in [1.29, 1.82) is 0 Å². The molecule has 0 atom stereocenters. The molecule has 2 heterocycles. The quantitative estimate of drug-likeness (QED) is 0.783. The molecule has 0 spiro atoms. The summed E-state index contributed by atoms with van der Waals surface area (Å²) >= 11 is 5.67. The van der Waals surface area contributed by atoms with E-state index in [-0.39, 0.29) is 28.7 Å². The molecule has 0 unspecified atom stereocenters. The number of aromatic nitrogens is 6. The number of hydrogen-bond donors (Lipinski definition) is 1. The van der Waals surface area contributed by atoms with Crippen LogP contribution in [0.2, 0.25) is 5.02 Å². The highest BCUT2D eigenvalue weighted by Crippen LogP contribution is 2.24. The summed E-state index contributed by atoms with van der Waals surface area (Å²) in [5.41, 5.74) is 5.58. The Hall–Kier alpha value is -2.81. The molecular weight excluding hydrogens is 301 g/mol. The van der Waals surface area contributed by atoms with Crippen LogP contribution in [0.15, 0.2) is 30.9 Å². The van der Waals surface area contributed by atoms with E-state index < -0.39 is 5.82 Å². The average molecular weight is 308 g/mol. The van der Waals surface area contributed by atoms with E-state index in [1.54, 1.807) is 0 Å². The van der Waals surface area contributed by atoms with Gasteiger partial charge in [-0.05, 0) is 12.1 Å². The number of rotatable bonds is 3. The van der Waals surface area contributed by atoms with Crippen LogP contribution in [0.25, 0.3) is 5.95 Å². The van der Waals surface area contributed by atoms with Gasteiger partial charge in [-0.3, -0.25) is 0 Å². The zero-order valence-corrected chi connectivity index (χ0v) is 11.1. The first-order valence-corrected chi connectivity index (χ1v) is 5.99. The van der Waals surface area contributed by atoms with E-state index in [9.17, 15) is 4.39 Å². The van der Waals surface area contributed by atoms with Crippen LogP contribution in [0, 0.1) is 5.82 Å². The van der Waals surface area contributed by atoms with E-state index in [0.717, 1.165) is 0 Å². The normalized spacial score (nSPS) is 10.6. The van der Waals surface area contributed by atoms with Crippen LogP contribution in [-0.4, -0.2) is 29.7 Å². The van der Waals surface area contributed by atoms with E-state index in [4.69, 9.17) is 22.1 Å². The molecule has 0 fully saturated rings. The Kier molecular flexibility index (Phi) is 3.32. The first-order valence-electron chi connectivity index (χ1n) is 5.61. The lowest BCUT2D eigenvalue weighted by Crippen LogP contribution is -2.08. The van der Waals surface area contributed by atoms with Crippen molar-refractivity contribution in [1.82, 2.24) is 29.7 Å². The van der Waals surface area contributed by atoms with Gasteiger partial charge in [0.15, 0.2) is 0 Å². The summed E-state index contributed by atoms with van der Waals surface area (Å²) in [6.07, 6.45) is 2.72. The Bertz CT molecular complexity index is 780. The molecule has 2 N–H and O–H groups in total. The molecule has 0 saturated carbocycles. The molecular formula is C11H7ClFN7O. The van der Waals surface area contributed by atoms with Gasteiger partial charge in [0.05, 0.1) is 5.02 Å². The molecule has 21 heavy (non-hydrogen) atoms. The lowest BCUT2D eigenvalue weighted by Gasteiger charge is -2.06. The zero-order chi connectivity index (χ0) is 14.8. The van der Waals surface area contributed by atoms with Crippen molar-refractivity contribution in [2.75, 3.05) is 5.73 Å². The average Bonchev–Trinajstić information content (AvgIpc) is 2.96. The first kappa shape index (κ1) is 13.2. The molecule has 0 aliphatic heterocycles. The summed E-state index contributed by atoms with van der Waals surface area (Å²) in [4.78, 5) is 15.5. The fourth-order valence-electron chi connectivity index (χ4n) is 1.47. The predicted molar refractivity (Wildman–Crippen MR) is 70.6 cm³/mol. The number of nitrogen functional groups attached to an aromatic ring is 1. The number of nitrogens with two attached hydrogens (primary N) is 1. The summed E-state index contributed by atoms with van der Waals surface area (Å²) in [6.45, 7) is 0. The second-order valence-electron chi connectivity index (χ2n) is 3.79. The zero-order valence-electron chi connectivity index (χ0n) is 10.3. The molecule has 3 rings (SSSR count). The van der Waals surface area contributed by atoms with Gasteiger partial charge >= 0.3 is 6.01 Å². The highest BCUT2D eigenvalue weighted by Gasteiger charge is 2.10. The van der Waals surface area contributed by atoms with Crippen molar-refractivity contribution in [2.45, 2.75) is 0 Å². The second kappa shape index (κ2) is 5.29. The van der Waals surface area contributed by atoms with Crippen LogP contribution < -0.4 is 10.5 Å². The summed E-state index contributed by atoms with van der Waals surface area (Å²) in [6, 6.07) is 3.78. The molecule has 1 aromatic carbocycles. The lowest BCUT2D eigenvalue weighted by molar-refractivity contribution is 0.437. The molecule has 8 nitrogen and oxygen atoms in total. The lowest BCUT2D eigenvalue weighted by atomic mass is 10.3. The van der Waals surface area contributed by atoms with E-state index in [1.165, 1.54) is 35.5 Å². The minimum atomic E-state index is -0.553. The molecule has 0 aliphatic carbocycles. The van der Waals surface area contributed by atoms with Gasteiger partial charge in [0.25, 0.3) is 5.95 Å². The highest BCUT2D eigenvalue weighted by atomic mass is 35.5. The Balaban J connectivity index is 1.93. The van der Waals surface area contributed by atoms with Crippen LogP contribution in [-0.2, 0) is 0 Å². The van der Waals surface area contributed by atoms with Crippen LogP contribution >= 0.6 is 11.6 Å². The van der Waals surface area contributed by atoms with Gasteiger partial charge < -0.3 is 10.5 Å². The number of ether oxygens (including phenoxy) is 1. The summed E-state index contributed by atoms with van der Waals surface area (Å²) in [5.74, 6) is -0.207. The van der Waals surface area contributed by atoms with E-state index in [2.05, 4.69) is 25.0 Å². The van der Waals surface area contributed by atoms with E-state index in [1.807, 2.05) is 0 Å². The van der Waals surface area contributed by atoms with Crippen molar-refractivity contribution in [3.05, 3.63) is 41.7 Å². The molecule has 0 saturated heterocycles. The van der Waals surface area contributed by atoms with Crippen LogP contribution in [0.3, 0.4) is 0 Å². The SMILES string of the molecule is Nc1nc(Oc2ccc(F)c(Cl)c2)nc(-n2cncn2)n1. The Labute approximate surface area is 122 Å². The number of benzene rings is 1. The highest BCUT2D eigenvalue weighted by molar-refractivity contribution is 6.30. The fourth-order valence-corrected chi connectivity index (χ4v) is 1.64. The maximum Gasteiger partial charge on any atom is 0.328 e. The fraction of sp³-hybridized carbons (Fsp3) is 0. The molecule has 10 heteroatoms. The van der Waals surface area contributed by atoms with Crippen molar-refractivity contribution < 1.29 is 9.13 Å². The van der Waals surface area contributed by atoms with Crippen molar-refractivity contribution >= 4 is 17.5 Å². The molecule has 0 aliphatic rings. The van der Waals surface area contributed by atoms with Gasteiger partial charge in [-0.15, -0.1) is 0 Å². The van der Waals surface area contributed by atoms with Gasteiger partial charge in [-0.2, -0.15) is 24.7 Å². The molecule has 106 valence electrons. The second-order valence-corrected chi connectivity index (χ2v) is 4.20. The van der Waals surface area contributed by atoms with Gasteiger partial charge in [0.1, 0.15) is 24.2 Å². The Morgan fingerprint density at radius 3 is 2.81 bits per heavy atom. The van der Waals surface area contributed by atoms with Gasteiger partial charge in [-0.25, -0.2) is 9.37 Å². The maximum atomic E-state index is 13.1. The molecule has 3 aromatic rings. The van der Waals surface area contributed by atoms with Crippen LogP contribution in [0.1, 0.15) is 0 Å². The van der Waals surface area contributed by atoms with Crippen molar-refractivity contribution in [2.24, 2.45) is 0 Å². The summed E-state index contributed by atoms with van der Waals surface area (Å²) < 4.78 is 19.8. The third-order valence-corrected chi connectivity index (χ3v) is 2.63. The van der Waals surface area contributed by atoms with Gasteiger partial charge in [0, 0.05) is 6.07 Å². The molecule has 0 amide bonds.